The molecular formula is C20H20N4O3. The third-order valence-corrected chi connectivity index (χ3v) is 4.77. The predicted octanol–water partition coefficient (Wildman–Crippen LogP) is 3.07. The van der Waals surface area contributed by atoms with E-state index in [-0.39, 0.29) is 23.4 Å². The molecule has 1 aliphatic carbocycles. The highest BCUT2D eigenvalue weighted by atomic mass is 16.3. The summed E-state index contributed by atoms with van der Waals surface area (Å²) in [4.78, 5) is 24.8. The van der Waals surface area contributed by atoms with Crippen LogP contribution in [0.25, 0.3) is 0 Å². The molecule has 3 aromatic rings. The molecule has 2 N–H and O–H groups in total. The Bertz CT molecular complexity index is 975. The van der Waals surface area contributed by atoms with Crippen molar-refractivity contribution in [3.05, 3.63) is 71.3 Å². The van der Waals surface area contributed by atoms with Crippen molar-refractivity contribution >= 4 is 17.6 Å². The largest absolute Gasteiger partial charge is 0.459 e. The van der Waals surface area contributed by atoms with E-state index < -0.39 is 5.91 Å². The molecule has 1 aliphatic rings. The molecule has 27 heavy (non-hydrogen) atoms. The Labute approximate surface area is 156 Å². The SMILES string of the molecule is Cn1nc(C(=O)NC2CCCc3ccccc32)cc1NC(=O)c1ccco1. The molecule has 0 saturated carbocycles. The third kappa shape index (κ3) is 3.48. The number of hydrogen-bond acceptors (Lipinski definition) is 4. The molecule has 0 aliphatic heterocycles. The van der Waals surface area contributed by atoms with Crippen molar-refractivity contribution in [1.82, 2.24) is 15.1 Å². The lowest BCUT2D eigenvalue weighted by atomic mass is 9.88. The van der Waals surface area contributed by atoms with Gasteiger partial charge in [0.05, 0.1) is 12.3 Å². The van der Waals surface area contributed by atoms with Gasteiger partial charge in [-0.05, 0) is 42.5 Å². The van der Waals surface area contributed by atoms with Crippen LogP contribution in [0, 0.1) is 0 Å². The van der Waals surface area contributed by atoms with Gasteiger partial charge in [-0.3, -0.25) is 14.3 Å². The molecule has 7 heteroatoms. The van der Waals surface area contributed by atoms with E-state index in [1.165, 1.54) is 22.1 Å². The smallest absolute Gasteiger partial charge is 0.292 e. The van der Waals surface area contributed by atoms with Gasteiger partial charge in [0.15, 0.2) is 11.5 Å². The monoisotopic (exact) mass is 364 g/mol. The first-order valence-corrected chi connectivity index (χ1v) is 8.89. The van der Waals surface area contributed by atoms with Crippen molar-refractivity contribution in [3.8, 4) is 0 Å². The van der Waals surface area contributed by atoms with Crippen LogP contribution in [0.3, 0.4) is 0 Å². The van der Waals surface area contributed by atoms with Gasteiger partial charge in [0.1, 0.15) is 5.82 Å². The summed E-state index contributed by atoms with van der Waals surface area (Å²) in [5.41, 5.74) is 2.70. The minimum atomic E-state index is -0.392. The second-order valence-electron chi connectivity index (χ2n) is 6.59. The molecule has 0 fully saturated rings. The van der Waals surface area contributed by atoms with E-state index in [2.05, 4.69) is 27.9 Å². The van der Waals surface area contributed by atoms with Gasteiger partial charge in [0, 0.05) is 13.1 Å². The number of carbonyl (C=O) groups excluding carboxylic acids is 2. The minimum absolute atomic E-state index is 0.0226. The molecule has 2 amide bonds. The summed E-state index contributed by atoms with van der Waals surface area (Å²) in [5.74, 6) is -0.0337. The first kappa shape index (κ1) is 17.1. The highest BCUT2D eigenvalue weighted by Gasteiger charge is 2.23. The average Bonchev–Trinajstić information content (AvgIpc) is 3.33. The molecule has 0 radical (unpaired) electrons. The maximum absolute atomic E-state index is 12.7. The Hall–Kier alpha value is -3.35. The fourth-order valence-electron chi connectivity index (χ4n) is 3.42. The summed E-state index contributed by atoms with van der Waals surface area (Å²) in [7, 11) is 1.67. The normalized spacial score (nSPS) is 15.8. The highest BCUT2D eigenvalue weighted by Crippen LogP contribution is 2.29. The zero-order chi connectivity index (χ0) is 18.8. The van der Waals surface area contributed by atoms with Crippen molar-refractivity contribution in [2.75, 3.05) is 5.32 Å². The van der Waals surface area contributed by atoms with Crippen LogP contribution in [0.5, 0.6) is 0 Å². The lowest BCUT2D eigenvalue weighted by Crippen LogP contribution is -2.31. The molecule has 1 unspecified atom stereocenters. The van der Waals surface area contributed by atoms with Crippen LogP contribution in [0.15, 0.2) is 53.1 Å². The maximum Gasteiger partial charge on any atom is 0.292 e. The van der Waals surface area contributed by atoms with Crippen LogP contribution in [0.2, 0.25) is 0 Å². The van der Waals surface area contributed by atoms with E-state index in [0.717, 1.165) is 19.3 Å². The fraction of sp³-hybridized carbons (Fsp3) is 0.250. The molecule has 4 rings (SSSR count). The second-order valence-corrected chi connectivity index (χ2v) is 6.59. The summed E-state index contributed by atoms with van der Waals surface area (Å²) in [6.07, 6.45) is 4.40. The number of carbonyl (C=O) groups is 2. The van der Waals surface area contributed by atoms with Crippen molar-refractivity contribution in [3.63, 3.8) is 0 Å². The van der Waals surface area contributed by atoms with E-state index in [9.17, 15) is 9.59 Å². The minimum Gasteiger partial charge on any atom is -0.459 e. The van der Waals surface area contributed by atoms with Crippen molar-refractivity contribution in [1.29, 1.82) is 0 Å². The fourth-order valence-corrected chi connectivity index (χ4v) is 3.42. The first-order valence-electron chi connectivity index (χ1n) is 8.89. The van der Waals surface area contributed by atoms with E-state index in [4.69, 9.17) is 4.42 Å². The molecule has 2 aromatic heterocycles. The standard InChI is InChI=1S/C20H20N4O3/c1-24-18(22-20(26)17-10-5-11-27-17)12-16(23-24)19(25)21-15-9-4-7-13-6-2-3-8-14(13)15/h2-3,5-6,8,10-12,15H,4,7,9H2,1H3,(H,21,25)(H,22,26). The number of rotatable bonds is 4. The maximum atomic E-state index is 12.7. The molecule has 0 spiro atoms. The van der Waals surface area contributed by atoms with Gasteiger partial charge in [-0.1, -0.05) is 24.3 Å². The van der Waals surface area contributed by atoms with E-state index >= 15 is 0 Å². The van der Waals surface area contributed by atoms with Gasteiger partial charge in [-0.25, -0.2) is 0 Å². The predicted molar refractivity (Wildman–Crippen MR) is 99.5 cm³/mol. The number of nitrogens with one attached hydrogen (secondary N) is 2. The van der Waals surface area contributed by atoms with E-state index in [0.29, 0.717) is 5.82 Å². The Morgan fingerprint density at radius 1 is 1.19 bits per heavy atom. The number of benzene rings is 1. The van der Waals surface area contributed by atoms with E-state index in [1.807, 2.05) is 12.1 Å². The van der Waals surface area contributed by atoms with E-state index in [1.54, 1.807) is 25.2 Å². The number of aromatic nitrogens is 2. The molecule has 1 atom stereocenters. The summed E-state index contributed by atoms with van der Waals surface area (Å²) in [5, 5.41) is 9.99. The Morgan fingerprint density at radius 3 is 2.85 bits per heavy atom. The van der Waals surface area contributed by atoms with Gasteiger partial charge < -0.3 is 15.1 Å². The molecular weight excluding hydrogens is 344 g/mol. The molecule has 0 bridgehead atoms. The quantitative estimate of drug-likeness (QED) is 0.744. The lowest BCUT2D eigenvalue weighted by Gasteiger charge is -2.26. The second kappa shape index (κ2) is 7.11. The van der Waals surface area contributed by atoms with Crippen LogP contribution >= 0.6 is 0 Å². The van der Waals surface area contributed by atoms with Crippen LogP contribution in [0.1, 0.15) is 51.1 Å². The number of hydrogen-bond donors (Lipinski definition) is 2. The zero-order valence-electron chi connectivity index (χ0n) is 14.9. The van der Waals surface area contributed by atoms with Gasteiger partial charge in [-0.15, -0.1) is 0 Å². The Morgan fingerprint density at radius 2 is 2.04 bits per heavy atom. The molecule has 0 saturated heterocycles. The van der Waals surface area contributed by atoms with Gasteiger partial charge >= 0.3 is 0 Å². The number of furan rings is 1. The first-order chi connectivity index (χ1) is 13.1. The third-order valence-electron chi connectivity index (χ3n) is 4.77. The number of fused-ring (bicyclic) bond motifs is 1. The molecule has 7 nitrogen and oxygen atoms in total. The van der Waals surface area contributed by atoms with Gasteiger partial charge in [-0.2, -0.15) is 5.10 Å². The number of aryl methyl sites for hydroxylation is 2. The Balaban J connectivity index is 1.48. The summed E-state index contributed by atoms with van der Waals surface area (Å²) >= 11 is 0. The number of anilines is 1. The Kier molecular flexibility index (Phi) is 4.50. The van der Waals surface area contributed by atoms with Gasteiger partial charge in [0.2, 0.25) is 0 Å². The summed E-state index contributed by atoms with van der Waals surface area (Å²) < 4.78 is 6.54. The van der Waals surface area contributed by atoms with Crippen LogP contribution in [-0.4, -0.2) is 21.6 Å². The summed E-state index contributed by atoms with van der Waals surface area (Å²) in [6, 6.07) is 12.9. The summed E-state index contributed by atoms with van der Waals surface area (Å²) in [6.45, 7) is 0. The number of amides is 2. The topological polar surface area (TPSA) is 89.2 Å². The highest BCUT2D eigenvalue weighted by molar-refractivity contribution is 6.02. The number of nitrogens with zero attached hydrogens (tertiary/aromatic N) is 2. The average molecular weight is 364 g/mol. The zero-order valence-corrected chi connectivity index (χ0v) is 14.9. The van der Waals surface area contributed by atoms with Crippen LogP contribution in [-0.2, 0) is 13.5 Å². The lowest BCUT2D eigenvalue weighted by molar-refractivity contribution is 0.0926. The van der Waals surface area contributed by atoms with Crippen molar-refractivity contribution < 1.29 is 14.0 Å². The molecule has 2 heterocycles. The molecule has 138 valence electrons. The van der Waals surface area contributed by atoms with Gasteiger partial charge in [0.25, 0.3) is 11.8 Å². The van der Waals surface area contributed by atoms with Crippen molar-refractivity contribution in [2.45, 2.75) is 25.3 Å². The van der Waals surface area contributed by atoms with Crippen LogP contribution < -0.4 is 10.6 Å². The molecule has 1 aromatic carbocycles. The van der Waals surface area contributed by atoms with Crippen LogP contribution in [0.4, 0.5) is 5.82 Å². The van der Waals surface area contributed by atoms with Crippen molar-refractivity contribution in [2.24, 2.45) is 7.05 Å².